The lowest BCUT2D eigenvalue weighted by Crippen LogP contribution is -2.49. The number of thiophene rings is 1. The van der Waals surface area contributed by atoms with E-state index in [9.17, 15) is 23.1 Å². The zero-order chi connectivity index (χ0) is 19.1. The highest BCUT2D eigenvalue weighted by Gasteiger charge is 2.39. The Morgan fingerprint density at radius 3 is 2.81 bits per heavy atom. The van der Waals surface area contributed by atoms with Crippen LogP contribution in [0.2, 0.25) is 0 Å². The van der Waals surface area contributed by atoms with Gasteiger partial charge in [0.05, 0.1) is 15.9 Å². The third kappa shape index (κ3) is 3.49. The molecule has 26 heavy (non-hydrogen) atoms. The number of halogens is 3. The van der Waals surface area contributed by atoms with Gasteiger partial charge in [-0.15, -0.1) is 11.3 Å². The largest absolute Gasteiger partial charge is 0.452 e. The molecule has 142 valence electrons. The summed E-state index contributed by atoms with van der Waals surface area (Å²) in [5, 5.41) is 13.3. The van der Waals surface area contributed by atoms with Crippen LogP contribution in [0, 0.1) is 6.92 Å². The van der Waals surface area contributed by atoms with E-state index in [1.807, 2.05) is 0 Å². The van der Waals surface area contributed by atoms with Crippen LogP contribution in [0.25, 0.3) is 10.6 Å². The predicted molar refractivity (Wildman–Crippen MR) is 86.9 cm³/mol. The average Bonchev–Trinajstić information content (AvgIpc) is 3.20. The van der Waals surface area contributed by atoms with Crippen molar-refractivity contribution in [3.8, 4) is 10.6 Å². The number of hydrogen-bond acceptors (Lipinski definition) is 6. The molecule has 0 spiro atoms. The number of aliphatic hydroxyl groups is 1. The number of piperidine rings is 1. The molecule has 2 aromatic heterocycles. The van der Waals surface area contributed by atoms with Crippen LogP contribution in [0.3, 0.4) is 0 Å². The summed E-state index contributed by atoms with van der Waals surface area (Å²) < 4.78 is 48.1. The van der Waals surface area contributed by atoms with Crippen molar-refractivity contribution < 1.29 is 32.3 Å². The molecule has 1 aliphatic heterocycles. The van der Waals surface area contributed by atoms with Gasteiger partial charge < -0.3 is 19.3 Å². The van der Waals surface area contributed by atoms with Gasteiger partial charge in [0, 0.05) is 25.8 Å². The number of alkyl halides is 3. The van der Waals surface area contributed by atoms with Crippen molar-refractivity contribution >= 4 is 17.2 Å². The van der Waals surface area contributed by atoms with Crippen LogP contribution in [0.4, 0.5) is 13.2 Å². The first kappa shape index (κ1) is 18.9. The van der Waals surface area contributed by atoms with E-state index >= 15 is 0 Å². The second-order valence-electron chi connectivity index (χ2n) is 6.03. The maximum Gasteiger partial charge on any atom is 0.452 e. The predicted octanol–water partition coefficient (Wildman–Crippen LogP) is 2.95. The topological polar surface area (TPSA) is 75.8 Å². The van der Waals surface area contributed by atoms with Gasteiger partial charge in [-0.05, 0) is 25.5 Å². The SMILES string of the molecule is CO[C@H]1CN(C(=O)c2ccc(-c3noc(C(F)(F)F)c3C)s2)CC[C@H]1O. The maximum absolute atomic E-state index is 12.8. The zero-order valence-corrected chi connectivity index (χ0v) is 14.9. The quantitative estimate of drug-likeness (QED) is 0.872. The fourth-order valence-corrected chi connectivity index (χ4v) is 3.90. The van der Waals surface area contributed by atoms with Gasteiger partial charge in [0.25, 0.3) is 5.91 Å². The normalized spacial score (nSPS) is 21.2. The fourth-order valence-electron chi connectivity index (χ4n) is 2.89. The molecule has 3 heterocycles. The lowest BCUT2D eigenvalue weighted by Gasteiger charge is -2.35. The van der Waals surface area contributed by atoms with Crippen molar-refractivity contribution in [2.24, 2.45) is 0 Å². The summed E-state index contributed by atoms with van der Waals surface area (Å²) in [7, 11) is 1.47. The van der Waals surface area contributed by atoms with Crippen LogP contribution in [0.1, 0.15) is 27.4 Å². The van der Waals surface area contributed by atoms with Crippen LogP contribution in [-0.2, 0) is 10.9 Å². The first-order chi connectivity index (χ1) is 12.2. The van der Waals surface area contributed by atoms with Crippen LogP contribution < -0.4 is 0 Å². The third-order valence-electron chi connectivity index (χ3n) is 4.35. The average molecular weight is 390 g/mol. The Morgan fingerprint density at radius 1 is 1.46 bits per heavy atom. The molecule has 3 rings (SSSR count). The molecule has 1 saturated heterocycles. The van der Waals surface area contributed by atoms with Crippen LogP contribution in [0.5, 0.6) is 0 Å². The molecule has 1 aliphatic rings. The molecule has 1 fully saturated rings. The van der Waals surface area contributed by atoms with Gasteiger partial charge in [-0.3, -0.25) is 4.79 Å². The summed E-state index contributed by atoms with van der Waals surface area (Å²) in [6.07, 6.45) is -5.30. The van der Waals surface area contributed by atoms with Crippen molar-refractivity contribution in [3.63, 3.8) is 0 Å². The number of amides is 1. The number of methoxy groups -OCH3 is 1. The van der Waals surface area contributed by atoms with Gasteiger partial charge in [-0.2, -0.15) is 13.2 Å². The van der Waals surface area contributed by atoms with Gasteiger partial charge in [-0.1, -0.05) is 5.16 Å². The second kappa shape index (κ2) is 7.01. The third-order valence-corrected chi connectivity index (χ3v) is 5.43. The highest BCUT2D eigenvalue weighted by Crippen LogP contribution is 2.38. The van der Waals surface area contributed by atoms with E-state index in [0.29, 0.717) is 22.7 Å². The van der Waals surface area contributed by atoms with Gasteiger partial charge >= 0.3 is 6.18 Å². The van der Waals surface area contributed by atoms with Crippen molar-refractivity contribution in [1.29, 1.82) is 0 Å². The van der Waals surface area contributed by atoms with E-state index in [4.69, 9.17) is 4.74 Å². The van der Waals surface area contributed by atoms with E-state index < -0.39 is 24.1 Å². The molecular formula is C16H17F3N2O4S. The Morgan fingerprint density at radius 2 is 2.19 bits per heavy atom. The summed E-state index contributed by atoms with van der Waals surface area (Å²) in [5.74, 6) is -1.39. The highest BCUT2D eigenvalue weighted by molar-refractivity contribution is 7.17. The Kier molecular flexibility index (Phi) is 5.09. The summed E-state index contributed by atoms with van der Waals surface area (Å²) >= 11 is 1.05. The molecule has 0 bridgehead atoms. The molecule has 2 aromatic rings. The van der Waals surface area contributed by atoms with Crippen LogP contribution >= 0.6 is 11.3 Å². The van der Waals surface area contributed by atoms with Crippen molar-refractivity contribution in [2.45, 2.75) is 31.7 Å². The number of ether oxygens (including phenoxy) is 1. The summed E-state index contributed by atoms with van der Waals surface area (Å²) in [4.78, 5) is 15.0. The number of rotatable bonds is 3. The lowest BCUT2D eigenvalue weighted by molar-refractivity contribution is -0.156. The molecule has 1 amide bonds. The number of aliphatic hydroxyl groups excluding tert-OH is 1. The van der Waals surface area contributed by atoms with Crippen molar-refractivity contribution in [3.05, 3.63) is 28.3 Å². The lowest BCUT2D eigenvalue weighted by atomic mass is 10.0. The first-order valence-corrected chi connectivity index (χ1v) is 8.67. The van der Waals surface area contributed by atoms with Gasteiger partial charge in [0.15, 0.2) is 0 Å². The Hall–Kier alpha value is -1.91. The van der Waals surface area contributed by atoms with Crippen LogP contribution in [0.15, 0.2) is 16.7 Å². The molecule has 6 nitrogen and oxygen atoms in total. The Labute approximate surface area is 151 Å². The van der Waals surface area contributed by atoms with Gasteiger partial charge in [-0.25, -0.2) is 0 Å². The Balaban J connectivity index is 1.80. The minimum atomic E-state index is -4.62. The number of nitrogens with zero attached hydrogens (tertiary/aromatic N) is 2. The first-order valence-electron chi connectivity index (χ1n) is 7.86. The molecule has 0 unspecified atom stereocenters. The molecule has 1 N–H and O–H groups in total. The number of carbonyl (C=O) groups is 1. The summed E-state index contributed by atoms with van der Waals surface area (Å²) in [6.45, 7) is 1.92. The molecule has 0 radical (unpaired) electrons. The second-order valence-corrected chi connectivity index (χ2v) is 7.11. The Bertz CT molecular complexity index is 802. The van der Waals surface area contributed by atoms with Gasteiger partial charge in [0.1, 0.15) is 11.8 Å². The van der Waals surface area contributed by atoms with E-state index in [1.165, 1.54) is 14.0 Å². The van der Waals surface area contributed by atoms with E-state index in [-0.39, 0.29) is 23.7 Å². The standard InChI is InChI=1S/C16H17F3N2O4S/c1-8-13(20-25-14(8)16(17,18)19)11-3-4-12(26-11)15(23)21-6-5-9(22)10(7-21)24-2/h3-4,9-10,22H,5-7H2,1-2H3/t9-,10+/m1/s1. The van der Waals surface area contributed by atoms with Crippen molar-refractivity contribution in [2.75, 3.05) is 20.2 Å². The highest BCUT2D eigenvalue weighted by atomic mass is 32.1. The van der Waals surface area contributed by atoms with Crippen molar-refractivity contribution in [1.82, 2.24) is 10.1 Å². The monoisotopic (exact) mass is 390 g/mol. The molecule has 0 aromatic carbocycles. The minimum Gasteiger partial charge on any atom is -0.390 e. The number of carbonyl (C=O) groups excluding carboxylic acids is 1. The fraction of sp³-hybridized carbons (Fsp3) is 0.500. The van der Waals surface area contributed by atoms with Crippen LogP contribution in [-0.4, -0.2) is 53.5 Å². The number of likely N-dealkylation sites (tertiary alicyclic amines) is 1. The van der Waals surface area contributed by atoms with Gasteiger partial charge in [0.2, 0.25) is 5.76 Å². The number of aromatic nitrogens is 1. The molecular weight excluding hydrogens is 373 g/mol. The summed E-state index contributed by atoms with van der Waals surface area (Å²) in [6, 6.07) is 3.10. The van der Waals surface area contributed by atoms with E-state index in [0.717, 1.165) is 11.3 Å². The molecule has 0 aliphatic carbocycles. The molecule has 10 heteroatoms. The smallest absolute Gasteiger partial charge is 0.390 e. The minimum absolute atomic E-state index is 0.0743. The van der Waals surface area contributed by atoms with E-state index in [1.54, 1.807) is 17.0 Å². The molecule has 2 atom stereocenters. The van der Waals surface area contributed by atoms with E-state index in [2.05, 4.69) is 9.68 Å². The number of hydrogen-bond donors (Lipinski definition) is 1. The maximum atomic E-state index is 12.8. The zero-order valence-electron chi connectivity index (χ0n) is 14.0. The molecule has 0 saturated carbocycles. The summed E-state index contributed by atoms with van der Waals surface area (Å²) in [5.41, 5.74) is -0.0379.